The summed E-state index contributed by atoms with van der Waals surface area (Å²) in [5.74, 6) is -0.616. The molecule has 186 valence electrons. The summed E-state index contributed by atoms with van der Waals surface area (Å²) in [4.78, 5) is 15.8. The number of amides is 1. The maximum atomic E-state index is 15.2. The van der Waals surface area contributed by atoms with Gasteiger partial charge in [-0.3, -0.25) is 4.79 Å². The molecule has 2 aliphatic heterocycles. The number of sulfonamides is 1. The minimum Gasteiger partial charge on any atom is -0.370 e. The zero-order valence-electron chi connectivity index (χ0n) is 19.9. The summed E-state index contributed by atoms with van der Waals surface area (Å²) in [6.45, 7) is 4.15. The SMILES string of the molecule is C[C@H]1CCC(c2ccccc2)S(=O)(=O)N1Cc1ccc(N2CCCN(C(=O)CC#N)CC2)cc1F. The number of hydrogen-bond donors (Lipinski definition) is 0. The molecule has 2 atom stereocenters. The van der Waals surface area contributed by atoms with E-state index in [1.807, 2.05) is 54.3 Å². The van der Waals surface area contributed by atoms with Gasteiger partial charge in [0.15, 0.2) is 0 Å². The maximum Gasteiger partial charge on any atom is 0.236 e. The molecule has 7 nitrogen and oxygen atoms in total. The fourth-order valence-corrected chi connectivity index (χ4v) is 7.17. The van der Waals surface area contributed by atoms with Crippen LogP contribution >= 0.6 is 0 Å². The maximum absolute atomic E-state index is 15.2. The number of carbonyl (C=O) groups excluding carboxylic acids is 1. The molecule has 0 radical (unpaired) electrons. The molecule has 35 heavy (non-hydrogen) atoms. The number of nitriles is 1. The van der Waals surface area contributed by atoms with Crippen molar-refractivity contribution in [2.75, 3.05) is 31.1 Å². The average Bonchev–Trinajstić information content (AvgIpc) is 3.10. The number of halogens is 1. The number of anilines is 1. The minimum absolute atomic E-state index is 0.00458. The fraction of sp³-hybridized carbons (Fsp3) is 0.462. The van der Waals surface area contributed by atoms with E-state index in [1.165, 1.54) is 10.4 Å². The molecule has 2 fully saturated rings. The van der Waals surface area contributed by atoms with Crippen LogP contribution in [0.4, 0.5) is 10.1 Å². The third kappa shape index (κ3) is 5.49. The average molecular weight is 499 g/mol. The lowest BCUT2D eigenvalue weighted by atomic mass is 10.0. The van der Waals surface area contributed by atoms with Gasteiger partial charge >= 0.3 is 0 Å². The quantitative estimate of drug-likeness (QED) is 0.626. The predicted molar refractivity (Wildman–Crippen MR) is 132 cm³/mol. The van der Waals surface area contributed by atoms with Crippen LogP contribution in [0.1, 0.15) is 49.0 Å². The van der Waals surface area contributed by atoms with E-state index in [-0.39, 0.29) is 24.9 Å². The van der Waals surface area contributed by atoms with E-state index in [0.29, 0.717) is 50.3 Å². The van der Waals surface area contributed by atoms with Crippen LogP contribution < -0.4 is 4.90 Å². The van der Waals surface area contributed by atoms with Crippen molar-refractivity contribution < 1.29 is 17.6 Å². The Balaban J connectivity index is 1.49. The second kappa shape index (κ2) is 10.8. The predicted octanol–water partition coefficient (Wildman–Crippen LogP) is 3.83. The smallest absolute Gasteiger partial charge is 0.236 e. The van der Waals surface area contributed by atoms with Crippen molar-refractivity contribution in [1.82, 2.24) is 9.21 Å². The molecule has 0 saturated carbocycles. The summed E-state index contributed by atoms with van der Waals surface area (Å²) in [7, 11) is -3.64. The molecule has 0 bridgehead atoms. The molecule has 2 heterocycles. The van der Waals surface area contributed by atoms with E-state index >= 15 is 4.39 Å². The molecular formula is C26H31FN4O3S. The Morgan fingerprint density at radius 3 is 2.57 bits per heavy atom. The highest BCUT2D eigenvalue weighted by Crippen LogP contribution is 2.38. The van der Waals surface area contributed by atoms with Gasteiger partial charge in [-0.2, -0.15) is 9.57 Å². The Labute approximate surface area is 206 Å². The van der Waals surface area contributed by atoms with Crippen molar-refractivity contribution in [3.63, 3.8) is 0 Å². The largest absolute Gasteiger partial charge is 0.370 e. The van der Waals surface area contributed by atoms with Gasteiger partial charge in [-0.15, -0.1) is 0 Å². The summed E-state index contributed by atoms with van der Waals surface area (Å²) in [6.07, 6.45) is 1.86. The molecule has 1 amide bonds. The van der Waals surface area contributed by atoms with Crippen molar-refractivity contribution in [2.24, 2.45) is 0 Å². The van der Waals surface area contributed by atoms with E-state index in [9.17, 15) is 13.2 Å². The van der Waals surface area contributed by atoms with Crippen LogP contribution in [0.15, 0.2) is 48.5 Å². The van der Waals surface area contributed by atoms with Gasteiger partial charge in [0.05, 0.1) is 6.07 Å². The molecule has 2 aromatic rings. The highest BCUT2D eigenvalue weighted by atomic mass is 32.2. The van der Waals surface area contributed by atoms with Crippen LogP contribution in [0.2, 0.25) is 0 Å². The van der Waals surface area contributed by atoms with Gasteiger partial charge in [-0.05, 0) is 43.9 Å². The Bertz CT molecular complexity index is 1200. The number of hydrogen-bond acceptors (Lipinski definition) is 5. The van der Waals surface area contributed by atoms with Gasteiger partial charge in [-0.1, -0.05) is 36.4 Å². The number of benzene rings is 2. The Hall–Kier alpha value is -2.96. The minimum atomic E-state index is -3.64. The number of carbonyl (C=O) groups is 1. The first-order valence-electron chi connectivity index (χ1n) is 12.0. The Kier molecular flexibility index (Phi) is 7.72. The van der Waals surface area contributed by atoms with Crippen LogP contribution in [-0.2, 0) is 21.4 Å². The van der Waals surface area contributed by atoms with Crippen LogP contribution in [0, 0.1) is 17.1 Å². The fourth-order valence-electron chi connectivity index (χ4n) is 4.99. The number of rotatable bonds is 5. The third-order valence-electron chi connectivity index (χ3n) is 7.00. The van der Waals surface area contributed by atoms with Gasteiger partial charge in [0.25, 0.3) is 0 Å². The van der Waals surface area contributed by atoms with Gasteiger partial charge in [0.1, 0.15) is 17.5 Å². The highest BCUT2D eigenvalue weighted by molar-refractivity contribution is 7.89. The molecule has 9 heteroatoms. The van der Waals surface area contributed by atoms with Gasteiger partial charge in [0.2, 0.25) is 15.9 Å². The lowest BCUT2D eigenvalue weighted by molar-refractivity contribution is -0.129. The van der Waals surface area contributed by atoms with E-state index in [4.69, 9.17) is 5.26 Å². The summed E-state index contributed by atoms with van der Waals surface area (Å²) in [5, 5.41) is 8.15. The van der Waals surface area contributed by atoms with E-state index in [1.54, 1.807) is 11.0 Å². The molecule has 2 saturated heterocycles. The van der Waals surface area contributed by atoms with Crippen molar-refractivity contribution >= 4 is 21.6 Å². The normalized spacial score (nSPS) is 22.9. The molecule has 0 aliphatic carbocycles. The molecule has 2 aliphatic rings. The molecule has 0 aromatic heterocycles. The first-order chi connectivity index (χ1) is 16.8. The zero-order chi connectivity index (χ0) is 25.0. The first-order valence-corrected chi connectivity index (χ1v) is 13.5. The Morgan fingerprint density at radius 2 is 1.86 bits per heavy atom. The molecular weight excluding hydrogens is 467 g/mol. The summed E-state index contributed by atoms with van der Waals surface area (Å²) in [6, 6.07) is 15.8. The van der Waals surface area contributed by atoms with Gasteiger partial charge in [0, 0.05) is 50.0 Å². The van der Waals surface area contributed by atoms with Crippen LogP contribution in [0.3, 0.4) is 0 Å². The second-order valence-corrected chi connectivity index (χ2v) is 11.3. The van der Waals surface area contributed by atoms with Gasteiger partial charge < -0.3 is 9.80 Å². The standard InChI is InChI=1S/C26H31FN4O3S/c1-20-8-11-25(21-6-3-2-4-7-21)35(33,34)31(20)19-22-9-10-23(18-24(22)27)29-14-5-15-30(17-16-29)26(32)12-13-28/h2-4,6-7,9-10,18,20,25H,5,8,11-12,14-17,19H2,1H3/t20-,25?/m0/s1. The molecule has 0 spiro atoms. The van der Waals surface area contributed by atoms with Crippen molar-refractivity contribution in [1.29, 1.82) is 5.26 Å². The summed E-state index contributed by atoms with van der Waals surface area (Å²) < 4.78 is 43.6. The highest BCUT2D eigenvalue weighted by Gasteiger charge is 2.40. The second-order valence-electron chi connectivity index (χ2n) is 9.25. The zero-order valence-corrected chi connectivity index (χ0v) is 20.8. The van der Waals surface area contributed by atoms with Crippen LogP contribution in [0.5, 0.6) is 0 Å². The molecule has 4 rings (SSSR count). The monoisotopic (exact) mass is 498 g/mol. The lowest BCUT2D eigenvalue weighted by Gasteiger charge is -2.37. The van der Waals surface area contributed by atoms with Crippen molar-refractivity contribution in [2.45, 2.75) is 50.4 Å². The summed E-state index contributed by atoms with van der Waals surface area (Å²) >= 11 is 0. The molecule has 1 unspecified atom stereocenters. The third-order valence-corrected chi connectivity index (χ3v) is 9.37. The Morgan fingerprint density at radius 1 is 1.09 bits per heavy atom. The number of nitrogens with zero attached hydrogens (tertiary/aromatic N) is 4. The van der Waals surface area contributed by atoms with Crippen molar-refractivity contribution in [3.8, 4) is 6.07 Å². The lowest BCUT2D eigenvalue weighted by Crippen LogP contribution is -2.44. The van der Waals surface area contributed by atoms with E-state index in [2.05, 4.69) is 0 Å². The van der Waals surface area contributed by atoms with E-state index in [0.717, 1.165) is 12.0 Å². The van der Waals surface area contributed by atoms with Gasteiger partial charge in [-0.25, -0.2) is 12.8 Å². The molecule has 2 aromatic carbocycles. The van der Waals surface area contributed by atoms with E-state index < -0.39 is 21.1 Å². The topological polar surface area (TPSA) is 84.7 Å². The molecule has 0 N–H and O–H groups in total. The van der Waals surface area contributed by atoms with Crippen molar-refractivity contribution in [3.05, 3.63) is 65.5 Å². The summed E-state index contributed by atoms with van der Waals surface area (Å²) in [5.41, 5.74) is 1.82. The van der Waals surface area contributed by atoms with Crippen LogP contribution in [-0.4, -0.2) is 55.8 Å². The van der Waals surface area contributed by atoms with Crippen LogP contribution in [0.25, 0.3) is 0 Å². The first kappa shape index (κ1) is 25.1.